The SMILES string of the molecule is CC1(C2=C[C@@H](O)[C@H]3[C@@H]4CC[C@H]5C[C@@H](O)CC[C@]5(C)[C@H]4CC[C@]23C)SCCCS1. The molecular formula is C24H38O2S2. The van der Waals surface area contributed by atoms with Gasteiger partial charge in [-0.3, -0.25) is 0 Å². The van der Waals surface area contributed by atoms with Crippen molar-refractivity contribution in [2.45, 2.75) is 88.4 Å². The summed E-state index contributed by atoms with van der Waals surface area (Å²) in [4.78, 5) is 0. The van der Waals surface area contributed by atoms with Crippen LogP contribution in [-0.2, 0) is 0 Å². The van der Waals surface area contributed by atoms with E-state index in [2.05, 4.69) is 50.4 Å². The maximum atomic E-state index is 11.3. The number of aliphatic hydroxyl groups is 2. The van der Waals surface area contributed by atoms with Gasteiger partial charge in [0.15, 0.2) is 0 Å². The van der Waals surface area contributed by atoms with Gasteiger partial charge < -0.3 is 10.2 Å². The highest BCUT2D eigenvalue weighted by Gasteiger charge is 2.62. The topological polar surface area (TPSA) is 40.5 Å². The van der Waals surface area contributed by atoms with Crippen molar-refractivity contribution in [2.24, 2.45) is 34.5 Å². The van der Waals surface area contributed by atoms with Gasteiger partial charge >= 0.3 is 0 Å². The van der Waals surface area contributed by atoms with Crippen LogP contribution in [-0.4, -0.2) is 38.0 Å². The molecule has 5 aliphatic rings. The molecule has 28 heavy (non-hydrogen) atoms. The second-order valence-corrected chi connectivity index (χ2v) is 14.3. The van der Waals surface area contributed by atoms with Gasteiger partial charge in [0.05, 0.1) is 16.3 Å². The lowest BCUT2D eigenvalue weighted by molar-refractivity contribution is -0.133. The first-order valence-corrected chi connectivity index (χ1v) is 13.6. The Labute approximate surface area is 179 Å². The van der Waals surface area contributed by atoms with E-state index < -0.39 is 0 Å². The fourth-order valence-corrected chi connectivity index (χ4v) is 11.6. The molecule has 4 heteroatoms. The summed E-state index contributed by atoms with van der Waals surface area (Å²) in [7, 11) is 0. The first-order valence-electron chi connectivity index (χ1n) is 11.6. The second-order valence-electron chi connectivity index (χ2n) is 11.0. The van der Waals surface area contributed by atoms with Crippen molar-refractivity contribution in [3.8, 4) is 0 Å². The van der Waals surface area contributed by atoms with Crippen LogP contribution in [0, 0.1) is 34.5 Å². The highest BCUT2D eigenvalue weighted by atomic mass is 32.2. The zero-order chi connectivity index (χ0) is 19.7. The van der Waals surface area contributed by atoms with E-state index in [9.17, 15) is 10.2 Å². The minimum Gasteiger partial charge on any atom is -0.393 e. The molecule has 4 fully saturated rings. The maximum absolute atomic E-state index is 11.3. The Kier molecular flexibility index (Phi) is 5.02. The van der Waals surface area contributed by atoms with Crippen LogP contribution in [0.4, 0.5) is 0 Å². The number of thioether (sulfide) groups is 2. The normalized spacial score (nSPS) is 53.0. The van der Waals surface area contributed by atoms with Crippen LogP contribution >= 0.6 is 23.5 Å². The predicted octanol–water partition coefficient (Wildman–Crippen LogP) is 5.48. The second kappa shape index (κ2) is 6.93. The smallest absolute Gasteiger partial charge is 0.0798 e. The molecule has 0 amide bonds. The molecule has 2 N–H and O–H groups in total. The fraction of sp³-hybridized carbons (Fsp3) is 0.917. The average Bonchev–Trinajstić information content (AvgIpc) is 2.95. The van der Waals surface area contributed by atoms with Gasteiger partial charge in [-0.25, -0.2) is 0 Å². The van der Waals surface area contributed by atoms with Crippen molar-refractivity contribution in [2.75, 3.05) is 11.5 Å². The molecule has 0 spiro atoms. The first-order chi connectivity index (χ1) is 13.3. The van der Waals surface area contributed by atoms with E-state index in [-0.39, 0.29) is 21.7 Å². The van der Waals surface area contributed by atoms with Crippen LogP contribution in [0.3, 0.4) is 0 Å². The molecule has 8 atom stereocenters. The molecule has 0 unspecified atom stereocenters. The molecular weight excluding hydrogens is 384 g/mol. The molecule has 0 aromatic heterocycles. The quantitative estimate of drug-likeness (QED) is 0.549. The lowest BCUT2D eigenvalue weighted by atomic mass is 9.44. The number of fused-ring (bicyclic) bond motifs is 5. The molecule has 158 valence electrons. The highest BCUT2D eigenvalue weighted by Crippen LogP contribution is 2.69. The average molecular weight is 423 g/mol. The Morgan fingerprint density at radius 2 is 1.71 bits per heavy atom. The van der Waals surface area contributed by atoms with Gasteiger partial charge in [-0.05, 0) is 104 Å². The number of hydrogen-bond donors (Lipinski definition) is 2. The Morgan fingerprint density at radius 3 is 2.46 bits per heavy atom. The first kappa shape index (κ1) is 20.3. The zero-order valence-corrected chi connectivity index (χ0v) is 19.5. The zero-order valence-electron chi connectivity index (χ0n) is 17.8. The van der Waals surface area contributed by atoms with E-state index in [1.54, 1.807) is 5.57 Å². The summed E-state index contributed by atoms with van der Waals surface area (Å²) in [5, 5.41) is 21.6. The minimum atomic E-state index is -0.262. The monoisotopic (exact) mass is 422 g/mol. The van der Waals surface area contributed by atoms with Crippen molar-refractivity contribution >= 4 is 23.5 Å². The molecule has 2 nitrogen and oxygen atoms in total. The van der Waals surface area contributed by atoms with E-state index >= 15 is 0 Å². The van der Waals surface area contributed by atoms with E-state index in [1.165, 1.54) is 50.0 Å². The van der Waals surface area contributed by atoms with Gasteiger partial charge in [0.2, 0.25) is 0 Å². The van der Waals surface area contributed by atoms with Crippen LogP contribution < -0.4 is 0 Å². The van der Waals surface area contributed by atoms with Crippen molar-refractivity contribution in [3.05, 3.63) is 11.6 Å². The van der Waals surface area contributed by atoms with Gasteiger partial charge in [0.25, 0.3) is 0 Å². The molecule has 1 heterocycles. The standard InChI is InChI=1S/C24H38O2S2/c1-22-9-7-16(25)13-15(22)5-6-17-18(22)8-10-23(2)20(14-19(26)21(17)23)24(3)27-11-4-12-28-24/h14-19,21,25-26H,4-13H2,1-3H3/t15-,16-,17+,18-,19+,21+,22-,23+/m0/s1. The summed E-state index contributed by atoms with van der Waals surface area (Å²) in [5.74, 6) is 5.00. The molecule has 0 radical (unpaired) electrons. The van der Waals surface area contributed by atoms with Crippen LogP contribution in [0.15, 0.2) is 11.6 Å². The maximum Gasteiger partial charge on any atom is 0.0798 e. The molecule has 0 aromatic carbocycles. The van der Waals surface area contributed by atoms with Gasteiger partial charge in [-0.2, -0.15) is 0 Å². The Bertz CT molecular complexity index is 657. The van der Waals surface area contributed by atoms with Crippen LogP contribution in [0.5, 0.6) is 0 Å². The molecule has 0 bridgehead atoms. The largest absolute Gasteiger partial charge is 0.393 e. The van der Waals surface area contributed by atoms with Crippen LogP contribution in [0.25, 0.3) is 0 Å². The lowest BCUT2D eigenvalue weighted by Gasteiger charge is -2.61. The van der Waals surface area contributed by atoms with Crippen molar-refractivity contribution in [3.63, 3.8) is 0 Å². The number of aliphatic hydroxyl groups excluding tert-OH is 2. The summed E-state index contributed by atoms with van der Waals surface area (Å²) < 4.78 is 0.158. The Morgan fingerprint density at radius 1 is 0.964 bits per heavy atom. The Hall–Kier alpha value is 0.360. The third-order valence-electron chi connectivity index (χ3n) is 9.74. The van der Waals surface area contributed by atoms with Gasteiger partial charge in [-0.1, -0.05) is 19.9 Å². The summed E-state index contributed by atoms with van der Waals surface area (Å²) in [6.45, 7) is 7.46. The predicted molar refractivity (Wildman–Crippen MR) is 121 cm³/mol. The van der Waals surface area contributed by atoms with E-state index in [4.69, 9.17) is 0 Å². The van der Waals surface area contributed by atoms with Crippen LogP contribution in [0.2, 0.25) is 0 Å². The lowest BCUT2D eigenvalue weighted by Crippen LogP contribution is -2.55. The van der Waals surface area contributed by atoms with E-state index in [0.717, 1.165) is 18.8 Å². The third-order valence-corrected chi connectivity index (χ3v) is 13.0. The summed E-state index contributed by atoms with van der Waals surface area (Å²) in [5.41, 5.74) is 2.12. The van der Waals surface area contributed by atoms with E-state index in [1.807, 2.05) is 0 Å². The van der Waals surface area contributed by atoms with Gasteiger partial charge in [0.1, 0.15) is 0 Å². The van der Waals surface area contributed by atoms with Crippen molar-refractivity contribution < 1.29 is 10.2 Å². The number of rotatable bonds is 1. The molecule has 3 saturated carbocycles. The van der Waals surface area contributed by atoms with Crippen molar-refractivity contribution in [1.29, 1.82) is 0 Å². The third kappa shape index (κ3) is 2.83. The van der Waals surface area contributed by atoms with Crippen LogP contribution in [0.1, 0.15) is 72.1 Å². The molecule has 4 aliphatic carbocycles. The molecule has 5 rings (SSSR count). The Balaban J connectivity index is 1.45. The fourth-order valence-electron chi connectivity index (χ4n) is 8.35. The summed E-state index contributed by atoms with van der Waals surface area (Å²) >= 11 is 4.24. The molecule has 0 aromatic rings. The van der Waals surface area contributed by atoms with E-state index in [0.29, 0.717) is 23.2 Å². The molecule has 1 saturated heterocycles. The highest BCUT2D eigenvalue weighted by molar-refractivity contribution is 8.19. The number of hydrogen-bond acceptors (Lipinski definition) is 4. The van der Waals surface area contributed by atoms with Gasteiger partial charge in [-0.15, -0.1) is 23.5 Å². The molecule has 1 aliphatic heterocycles. The van der Waals surface area contributed by atoms with Crippen molar-refractivity contribution in [1.82, 2.24) is 0 Å². The minimum absolute atomic E-state index is 0.0749. The summed E-state index contributed by atoms with van der Waals surface area (Å²) in [6, 6.07) is 0. The summed E-state index contributed by atoms with van der Waals surface area (Å²) in [6.07, 6.45) is 11.5. The van der Waals surface area contributed by atoms with Gasteiger partial charge in [0, 0.05) is 5.92 Å².